The highest BCUT2D eigenvalue weighted by atomic mass is 16.5. The zero-order valence-electron chi connectivity index (χ0n) is 9.82. The van der Waals surface area contributed by atoms with Crippen LogP contribution in [0.15, 0.2) is 10.6 Å². The Morgan fingerprint density at radius 1 is 1.50 bits per heavy atom. The van der Waals surface area contributed by atoms with E-state index in [-0.39, 0.29) is 0 Å². The van der Waals surface area contributed by atoms with Gasteiger partial charge in [0.2, 0.25) is 0 Å². The van der Waals surface area contributed by atoms with Crippen molar-refractivity contribution in [3.05, 3.63) is 17.5 Å². The maximum atomic E-state index is 5.73. The quantitative estimate of drug-likeness (QED) is 0.829. The van der Waals surface area contributed by atoms with Crippen molar-refractivity contribution in [2.24, 2.45) is 17.6 Å². The third kappa shape index (κ3) is 2.83. The lowest BCUT2D eigenvalue weighted by atomic mass is 9.97. The smallest absolute Gasteiger partial charge is 0.134 e. The minimum absolute atomic E-state index is 0.547. The molecule has 0 aliphatic heterocycles. The van der Waals surface area contributed by atoms with E-state index < -0.39 is 0 Å². The molecule has 0 bridgehead atoms. The molecule has 0 saturated heterocycles. The molecule has 1 fully saturated rings. The van der Waals surface area contributed by atoms with Gasteiger partial charge in [-0.25, -0.2) is 0 Å². The molecular weight excluding hydrogens is 204 g/mol. The van der Waals surface area contributed by atoms with Crippen LogP contribution in [0.3, 0.4) is 0 Å². The van der Waals surface area contributed by atoms with Gasteiger partial charge in [0.25, 0.3) is 0 Å². The first-order valence-corrected chi connectivity index (χ1v) is 5.99. The molecule has 0 amide bonds. The van der Waals surface area contributed by atoms with Crippen molar-refractivity contribution in [2.75, 3.05) is 13.2 Å². The van der Waals surface area contributed by atoms with Crippen LogP contribution in [0.4, 0.5) is 0 Å². The molecule has 0 radical (unpaired) electrons. The Labute approximate surface area is 96.1 Å². The van der Waals surface area contributed by atoms with Gasteiger partial charge in [-0.3, -0.25) is 0 Å². The van der Waals surface area contributed by atoms with Crippen molar-refractivity contribution in [3.8, 4) is 0 Å². The lowest BCUT2D eigenvalue weighted by Gasteiger charge is -2.17. The Bertz CT molecular complexity index is 325. The van der Waals surface area contributed by atoms with Gasteiger partial charge in [-0.1, -0.05) is 11.6 Å². The first kappa shape index (κ1) is 11.6. The predicted octanol–water partition coefficient (Wildman–Crippen LogP) is 1.87. The second-order valence-electron chi connectivity index (χ2n) is 4.63. The second-order valence-corrected chi connectivity index (χ2v) is 4.63. The van der Waals surface area contributed by atoms with Gasteiger partial charge in [0.05, 0.1) is 13.2 Å². The lowest BCUT2D eigenvalue weighted by molar-refractivity contribution is 0.0718. The predicted molar refractivity (Wildman–Crippen MR) is 60.8 cm³/mol. The van der Waals surface area contributed by atoms with Gasteiger partial charge in [-0.2, -0.15) is 0 Å². The Hall–Kier alpha value is -0.870. The minimum atomic E-state index is 0.547. The zero-order valence-corrected chi connectivity index (χ0v) is 9.82. The van der Waals surface area contributed by atoms with Crippen molar-refractivity contribution in [3.63, 3.8) is 0 Å². The fraction of sp³-hybridized carbons (Fsp3) is 0.750. The number of aryl methyl sites for hydroxylation is 1. The standard InChI is InChI=1S/C12H20N2O2/c1-9-5-12(14-16-9)8-15-7-11-4-2-3-10(11)6-13/h5,10-11H,2-4,6-8,13H2,1H3. The Kier molecular flexibility index (Phi) is 3.96. The number of aromatic nitrogens is 1. The summed E-state index contributed by atoms with van der Waals surface area (Å²) in [4.78, 5) is 0. The molecule has 1 aliphatic carbocycles. The summed E-state index contributed by atoms with van der Waals surface area (Å²) in [5, 5.41) is 3.89. The van der Waals surface area contributed by atoms with E-state index in [2.05, 4.69) is 5.16 Å². The van der Waals surface area contributed by atoms with Crippen LogP contribution in [-0.4, -0.2) is 18.3 Å². The Morgan fingerprint density at radius 3 is 3.00 bits per heavy atom. The molecule has 1 aromatic rings. The molecule has 2 unspecified atom stereocenters. The molecule has 90 valence electrons. The van der Waals surface area contributed by atoms with Crippen LogP contribution in [0, 0.1) is 18.8 Å². The largest absolute Gasteiger partial charge is 0.375 e. The van der Waals surface area contributed by atoms with Crippen LogP contribution in [-0.2, 0) is 11.3 Å². The van der Waals surface area contributed by atoms with E-state index in [4.69, 9.17) is 15.0 Å². The monoisotopic (exact) mass is 224 g/mol. The molecule has 2 N–H and O–H groups in total. The summed E-state index contributed by atoms with van der Waals surface area (Å²) in [6.07, 6.45) is 3.80. The lowest BCUT2D eigenvalue weighted by Crippen LogP contribution is -2.22. The van der Waals surface area contributed by atoms with E-state index in [0.717, 1.165) is 24.6 Å². The number of rotatable bonds is 5. The zero-order chi connectivity index (χ0) is 11.4. The highest BCUT2D eigenvalue weighted by Gasteiger charge is 2.25. The number of nitrogens with zero attached hydrogens (tertiary/aromatic N) is 1. The van der Waals surface area contributed by atoms with Crippen LogP contribution < -0.4 is 5.73 Å². The average Bonchev–Trinajstić information content (AvgIpc) is 2.87. The summed E-state index contributed by atoms with van der Waals surface area (Å²) in [6, 6.07) is 1.91. The molecule has 4 nitrogen and oxygen atoms in total. The third-order valence-electron chi connectivity index (χ3n) is 3.38. The molecule has 4 heteroatoms. The molecule has 2 atom stereocenters. The molecule has 0 spiro atoms. The van der Waals surface area contributed by atoms with E-state index >= 15 is 0 Å². The fourth-order valence-corrected chi connectivity index (χ4v) is 2.44. The second kappa shape index (κ2) is 5.46. The van der Waals surface area contributed by atoms with E-state index in [1.807, 2.05) is 13.0 Å². The van der Waals surface area contributed by atoms with Gasteiger partial charge in [0.15, 0.2) is 0 Å². The summed E-state index contributed by atoms with van der Waals surface area (Å²) in [7, 11) is 0. The van der Waals surface area contributed by atoms with Crippen molar-refractivity contribution < 1.29 is 9.26 Å². The van der Waals surface area contributed by atoms with E-state index in [1.54, 1.807) is 0 Å². The average molecular weight is 224 g/mol. The van der Waals surface area contributed by atoms with Crippen LogP contribution in [0.2, 0.25) is 0 Å². The van der Waals surface area contributed by atoms with Gasteiger partial charge in [0, 0.05) is 6.07 Å². The Balaban J connectivity index is 1.71. The third-order valence-corrected chi connectivity index (χ3v) is 3.38. The van der Waals surface area contributed by atoms with Crippen LogP contribution in [0.5, 0.6) is 0 Å². The van der Waals surface area contributed by atoms with Crippen molar-refractivity contribution in [1.29, 1.82) is 0 Å². The van der Waals surface area contributed by atoms with E-state index in [0.29, 0.717) is 18.4 Å². The molecule has 1 aromatic heterocycles. The van der Waals surface area contributed by atoms with Crippen molar-refractivity contribution in [1.82, 2.24) is 5.16 Å². The van der Waals surface area contributed by atoms with Crippen LogP contribution in [0.1, 0.15) is 30.7 Å². The highest BCUT2D eigenvalue weighted by molar-refractivity contribution is 5.01. The maximum Gasteiger partial charge on any atom is 0.134 e. The highest BCUT2D eigenvalue weighted by Crippen LogP contribution is 2.31. The number of hydrogen-bond acceptors (Lipinski definition) is 4. The summed E-state index contributed by atoms with van der Waals surface area (Å²) >= 11 is 0. The topological polar surface area (TPSA) is 61.3 Å². The molecule has 0 aromatic carbocycles. The van der Waals surface area contributed by atoms with Gasteiger partial charge >= 0.3 is 0 Å². The molecule has 2 rings (SSSR count). The first-order chi connectivity index (χ1) is 7.79. The van der Waals surface area contributed by atoms with E-state index in [1.165, 1.54) is 19.3 Å². The van der Waals surface area contributed by atoms with Gasteiger partial charge in [-0.05, 0) is 38.1 Å². The maximum absolute atomic E-state index is 5.73. The molecular formula is C12H20N2O2. The summed E-state index contributed by atoms with van der Waals surface area (Å²) < 4.78 is 10.7. The summed E-state index contributed by atoms with van der Waals surface area (Å²) in [5.41, 5.74) is 6.60. The number of hydrogen-bond donors (Lipinski definition) is 1. The molecule has 1 heterocycles. The fourth-order valence-electron chi connectivity index (χ4n) is 2.44. The summed E-state index contributed by atoms with van der Waals surface area (Å²) in [6.45, 7) is 4.02. The minimum Gasteiger partial charge on any atom is -0.375 e. The molecule has 16 heavy (non-hydrogen) atoms. The SMILES string of the molecule is Cc1cc(COCC2CCCC2CN)no1. The van der Waals surface area contributed by atoms with Crippen LogP contribution in [0.25, 0.3) is 0 Å². The molecule has 1 aliphatic rings. The van der Waals surface area contributed by atoms with Gasteiger partial charge < -0.3 is 15.0 Å². The summed E-state index contributed by atoms with van der Waals surface area (Å²) in [5.74, 6) is 2.12. The first-order valence-electron chi connectivity index (χ1n) is 5.99. The number of nitrogens with two attached hydrogens (primary N) is 1. The van der Waals surface area contributed by atoms with E-state index in [9.17, 15) is 0 Å². The molecule has 1 saturated carbocycles. The van der Waals surface area contributed by atoms with Crippen molar-refractivity contribution >= 4 is 0 Å². The van der Waals surface area contributed by atoms with Crippen LogP contribution >= 0.6 is 0 Å². The Morgan fingerprint density at radius 2 is 2.31 bits per heavy atom. The van der Waals surface area contributed by atoms with Crippen molar-refractivity contribution in [2.45, 2.75) is 32.8 Å². The normalized spacial score (nSPS) is 25.1. The number of ether oxygens (including phenoxy) is 1. The van der Waals surface area contributed by atoms with Gasteiger partial charge in [0.1, 0.15) is 11.5 Å². The van der Waals surface area contributed by atoms with Gasteiger partial charge in [-0.15, -0.1) is 0 Å².